The van der Waals surface area contributed by atoms with Gasteiger partial charge in [0.15, 0.2) is 5.65 Å². The zero-order valence-electron chi connectivity index (χ0n) is 13.6. The Balaban J connectivity index is 1.45. The van der Waals surface area contributed by atoms with Crippen molar-refractivity contribution in [3.63, 3.8) is 0 Å². The second kappa shape index (κ2) is 5.77. The summed E-state index contributed by atoms with van der Waals surface area (Å²) in [5, 5.41) is 10.7. The van der Waals surface area contributed by atoms with E-state index < -0.39 is 0 Å². The summed E-state index contributed by atoms with van der Waals surface area (Å²) < 4.78 is 0. The van der Waals surface area contributed by atoms with Gasteiger partial charge >= 0.3 is 6.03 Å². The quantitative estimate of drug-likeness (QED) is 0.856. The van der Waals surface area contributed by atoms with Crippen LogP contribution in [0.3, 0.4) is 0 Å². The molecule has 8 heteroatoms. The van der Waals surface area contributed by atoms with Gasteiger partial charge in [0.2, 0.25) is 0 Å². The molecule has 8 nitrogen and oxygen atoms in total. The predicted octanol–water partition coefficient (Wildman–Crippen LogP) is 0.896. The van der Waals surface area contributed by atoms with E-state index >= 15 is 0 Å². The fraction of sp³-hybridized carbons (Fsp3) is 0.500. The number of aryl methyl sites for hydroxylation is 1. The van der Waals surface area contributed by atoms with Crippen LogP contribution < -0.4 is 5.32 Å². The first-order chi connectivity index (χ1) is 11.6. The number of carbonyl (C=O) groups is 2. The average molecular weight is 328 g/mol. The molecular weight excluding hydrogens is 308 g/mol. The highest BCUT2D eigenvalue weighted by atomic mass is 16.2. The van der Waals surface area contributed by atoms with Crippen LogP contribution in [0, 0.1) is 6.92 Å². The molecule has 2 saturated heterocycles. The summed E-state index contributed by atoms with van der Waals surface area (Å²) in [6, 6.07) is 2.10. The van der Waals surface area contributed by atoms with Crippen molar-refractivity contribution in [1.82, 2.24) is 30.3 Å². The van der Waals surface area contributed by atoms with E-state index in [9.17, 15) is 9.59 Å². The second-order valence-corrected chi connectivity index (χ2v) is 6.39. The summed E-state index contributed by atoms with van der Waals surface area (Å²) in [5.41, 5.74) is 2.12. The molecule has 0 radical (unpaired) electrons. The highest BCUT2D eigenvalue weighted by molar-refractivity contribution is 5.97. The highest BCUT2D eigenvalue weighted by Gasteiger charge is 2.32. The number of amides is 3. The van der Waals surface area contributed by atoms with E-state index in [4.69, 9.17) is 0 Å². The van der Waals surface area contributed by atoms with E-state index in [-0.39, 0.29) is 18.0 Å². The van der Waals surface area contributed by atoms with Crippen LogP contribution in [0.2, 0.25) is 0 Å². The van der Waals surface area contributed by atoms with Crippen molar-refractivity contribution >= 4 is 23.0 Å². The van der Waals surface area contributed by atoms with Crippen LogP contribution in [0.5, 0.6) is 0 Å². The SMILES string of the molecule is Cc1[nH]nc2ncc(C(=O)N3CCC(N4CCNC4=O)CC3)cc12. The largest absolute Gasteiger partial charge is 0.338 e. The first kappa shape index (κ1) is 14.9. The van der Waals surface area contributed by atoms with Crippen LogP contribution in [-0.4, -0.2) is 69.1 Å². The lowest BCUT2D eigenvalue weighted by molar-refractivity contribution is 0.0666. The number of fused-ring (bicyclic) bond motifs is 1. The van der Waals surface area contributed by atoms with Crippen molar-refractivity contribution in [2.75, 3.05) is 26.2 Å². The minimum atomic E-state index is -0.00526. The molecule has 0 aliphatic carbocycles. The first-order valence-corrected chi connectivity index (χ1v) is 8.28. The molecule has 2 N–H and O–H groups in total. The van der Waals surface area contributed by atoms with Crippen molar-refractivity contribution in [2.45, 2.75) is 25.8 Å². The van der Waals surface area contributed by atoms with Crippen molar-refractivity contribution in [2.24, 2.45) is 0 Å². The van der Waals surface area contributed by atoms with E-state index in [2.05, 4.69) is 20.5 Å². The molecular formula is C16H20N6O2. The van der Waals surface area contributed by atoms with Crippen molar-refractivity contribution in [3.05, 3.63) is 23.5 Å². The normalized spacial score (nSPS) is 19.1. The van der Waals surface area contributed by atoms with Gasteiger partial charge in [0.25, 0.3) is 5.91 Å². The molecule has 2 aromatic rings. The molecule has 2 aliphatic heterocycles. The minimum Gasteiger partial charge on any atom is -0.338 e. The van der Waals surface area contributed by atoms with Crippen LogP contribution in [0.15, 0.2) is 12.3 Å². The van der Waals surface area contributed by atoms with Crippen molar-refractivity contribution in [3.8, 4) is 0 Å². The van der Waals surface area contributed by atoms with Gasteiger partial charge in [-0.1, -0.05) is 0 Å². The van der Waals surface area contributed by atoms with Gasteiger partial charge in [-0.25, -0.2) is 9.78 Å². The van der Waals surface area contributed by atoms with Crippen molar-refractivity contribution < 1.29 is 9.59 Å². The lowest BCUT2D eigenvalue weighted by Gasteiger charge is -2.36. The molecule has 4 heterocycles. The number of aromatic nitrogens is 3. The van der Waals surface area contributed by atoms with Crippen molar-refractivity contribution in [1.29, 1.82) is 0 Å². The number of nitrogens with one attached hydrogen (secondary N) is 2. The zero-order chi connectivity index (χ0) is 16.7. The molecule has 0 aromatic carbocycles. The second-order valence-electron chi connectivity index (χ2n) is 6.39. The molecule has 2 aliphatic rings. The van der Waals surface area contributed by atoms with Crippen LogP contribution in [0.1, 0.15) is 28.9 Å². The topological polar surface area (TPSA) is 94.2 Å². The number of hydrogen-bond acceptors (Lipinski definition) is 4. The van der Waals surface area contributed by atoms with Gasteiger partial charge in [0.1, 0.15) is 0 Å². The number of urea groups is 1. The molecule has 2 aromatic heterocycles. The molecule has 24 heavy (non-hydrogen) atoms. The van der Waals surface area contributed by atoms with Gasteiger partial charge in [0, 0.05) is 49.5 Å². The highest BCUT2D eigenvalue weighted by Crippen LogP contribution is 2.21. The van der Waals surface area contributed by atoms with E-state index in [1.807, 2.05) is 22.8 Å². The Kier molecular flexibility index (Phi) is 3.59. The number of hydrogen-bond donors (Lipinski definition) is 2. The maximum atomic E-state index is 12.7. The Hall–Kier alpha value is -2.64. The van der Waals surface area contributed by atoms with Gasteiger partial charge in [0.05, 0.1) is 5.56 Å². The molecule has 0 spiro atoms. The number of pyridine rings is 1. The third-order valence-electron chi connectivity index (χ3n) is 4.93. The van der Waals surface area contributed by atoms with E-state index in [1.54, 1.807) is 6.20 Å². The summed E-state index contributed by atoms with van der Waals surface area (Å²) >= 11 is 0. The minimum absolute atomic E-state index is 0.00526. The molecule has 0 atom stereocenters. The number of likely N-dealkylation sites (tertiary alicyclic amines) is 1. The maximum absolute atomic E-state index is 12.7. The first-order valence-electron chi connectivity index (χ1n) is 8.28. The van der Waals surface area contributed by atoms with Gasteiger partial charge in [-0.15, -0.1) is 0 Å². The number of piperidine rings is 1. The average Bonchev–Trinajstić information content (AvgIpc) is 3.20. The number of H-pyrrole nitrogens is 1. The summed E-state index contributed by atoms with van der Waals surface area (Å²) in [7, 11) is 0. The van der Waals surface area contributed by atoms with Gasteiger partial charge in [-0.3, -0.25) is 9.89 Å². The van der Waals surface area contributed by atoms with Crippen LogP contribution in [0.4, 0.5) is 4.79 Å². The maximum Gasteiger partial charge on any atom is 0.317 e. The Morgan fingerprint density at radius 2 is 2.08 bits per heavy atom. The Labute approximate surface area is 139 Å². The fourth-order valence-electron chi connectivity index (χ4n) is 3.53. The summed E-state index contributed by atoms with van der Waals surface area (Å²) in [6.45, 7) is 4.72. The van der Waals surface area contributed by atoms with Crippen LogP contribution >= 0.6 is 0 Å². The fourth-order valence-corrected chi connectivity index (χ4v) is 3.53. The molecule has 3 amide bonds. The number of rotatable bonds is 2. The van der Waals surface area contributed by atoms with Gasteiger partial charge in [-0.05, 0) is 25.8 Å². The number of carbonyl (C=O) groups excluding carboxylic acids is 2. The van der Waals surface area contributed by atoms with Gasteiger partial charge < -0.3 is 15.1 Å². The molecule has 0 bridgehead atoms. The molecule has 0 saturated carbocycles. The summed E-state index contributed by atoms with van der Waals surface area (Å²) in [4.78, 5) is 32.5. The Morgan fingerprint density at radius 3 is 2.79 bits per heavy atom. The smallest absolute Gasteiger partial charge is 0.317 e. The lowest BCUT2D eigenvalue weighted by atomic mass is 10.0. The molecule has 4 rings (SSSR count). The third kappa shape index (κ3) is 2.47. The zero-order valence-corrected chi connectivity index (χ0v) is 13.6. The Morgan fingerprint density at radius 1 is 1.29 bits per heavy atom. The lowest BCUT2D eigenvalue weighted by Crippen LogP contribution is -2.47. The van der Waals surface area contributed by atoms with E-state index in [0.717, 1.165) is 30.5 Å². The summed E-state index contributed by atoms with van der Waals surface area (Å²) in [5.74, 6) is -0.00526. The number of nitrogens with zero attached hydrogens (tertiary/aromatic N) is 4. The van der Waals surface area contributed by atoms with E-state index in [1.165, 1.54) is 0 Å². The van der Waals surface area contributed by atoms with Crippen LogP contribution in [0.25, 0.3) is 11.0 Å². The molecule has 126 valence electrons. The molecule has 0 unspecified atom stereocenters. The van der Waals surface area contributed by atoms with E-state index in [0.29, 0.717) is 30.8 Å². The van der Waals surface area contributed by atoms with Crippen LogP contribution in [-0.2, 0) is 0 Å². The predicted molar refractivity (Wildman–Crippen MR) is 87.7 cm³/mol. The number of aromatic amines is 1. The summed E-state index contributed by atoms with van der Waals surface area (Å²) in [6.07, 6.45) is 3.23. The Bertz CT molecular complexity index is 793. The third-order valence-corrected chi connectivity index (χ3v) is 4.93. The standard InChI is InChI=1S/C16H20N6O2/c1-10-13-8-11(9-18-14(13)20-19-10)15(23)21-5-2-12(3-6-21)22-7-4-17-16(22)24/h8-9,12H,2-7H2,1H3,(H,17,24)(H,18,19,20). The molecule has 2 fully saturated rings. The monoisotopic (exact) mass is 328 g/mol. The van der Waals surface area contributed by atoms with Gasteiger partial charge in [-0.2, -0.15) is 5.10 Å².